The molecule has 0 aromatic heterocycles. The maximum atomic E-state index is 14.7. The Labute approximate surface area is 225 Å². The van der Waals surface area contributed by atoms with E-state index in [1.54, 1.807) is 25.3 Å². The van der Waals surface area contributed by atoms with Crippen molar-refractivity contribution in [2.45, 2.75) is 50.9 Å². The van der Waals surface area contributed by atoms with Crippen LogP contribution in [-0.4, -0.2) is 49.9 Å². The first-order valence-corrected chi connectivity index (χ1v) is 13.9. The Morgan fingerprint density at radius 3 is 2.68 bits per heavy atom. The topological polar surface area (TPSA) is 54.0 Å². The molecule has 5 rings (SSSR count). The first-order valence-electron chi connectivity index (χ1n) is 13.9. The predicted molar refractivity (Wildman–Crippen MR) is 150 cm³/mol. The molecule has 5 nitrogen and oxygen atoms in total. The summed E-state index contributed by atoms with van der Waals surface area (Å²) in [7, 11) is 1.68. The quantitative estimate of drug-likeness (QED) is 0.328. The zero-order chi connectivity index (χ0) is 26.3. The van der Waals surface area contributed by atoms with Gasteiger partial charge in [-0.3, -0.25) is 4.90 Å². The van der Waals surface area contributed by atoms with E-state index in [4.69, 9.17) is 9.47 Å². The summed E-state index contributed by atoms with van der Waals surface area (Å²) in [4.78, 5) is 2.39. The average Bonchev–Trinajstić information content (AvgIpc) is 2.94. The van der Waals surface area contributed by atoms with E-state index < -0.39 is 0 Å². The first-order chi connectivity index (χ1) is 18.6. The van der Waals surface area contributed by atoms with E-state index in [0.717, 1.165) is 55.9 Å². The fourth-order valence-corrected chi connectivity index (χ4v) is 5.80. The van der Waals surface area contributed by atoms with E-state index in [1.807, 2.05) is 24.3 Å². The number of piperidine rings is 1. The summed E-state index contributed by atoms with van der Waals surface area (Å²) in [5.74, 6) is 1.58. The third kappa shape index (κ3) is 6.60. The second-order valence-corrected chi connectivity index (χ2v) is 10.5. The second kappa shape index (κ2) is 12.5. The predicted octanol–water partition coefficient (Wildman–Crippen LogP) is 6.33. The van der Waals surface area contributed by atoms with Gasteiger partial charge < -0.3 is 19.9 Å². The zero-order valence-electron chi connectivity index (χ0n) is 22.3. The van der Waals surface area contributed by atoms with Crippen LogP contribution in [-0.2, 0) is 19.3 Å². The number of nitrogens with zero attached hydrogens (tertiary/aromatic N) is 1. The number of hydrogen-bond donors (Lipinski definition) is 2. The Bertz CT molecular complexity index is 1230. The van der Waals surface area contributed by atoms with Crippen molar-refractivity contribution in [1.29, 1.82) is 0 Å². The van der Waals surface area contributed by atoms with Crippen LogP contribution < -0.4 is 14.8 Å². The lowest BCUT2D eigenvalue weighted by molar-refractivity contribution is 0.180. The van der Waals surface area contributed by atoms with E-state index in [0.29, 0.717) is 37.0 Å². The van der Waals surface area contributed by atoms with E-state index in [9.17, 15) is 9.50 Å². The Morgan fingerprint density at radius 2 is 1.87 bits per heavy atom. The summed E-state index contributed by atoms with van der Waals surface area (Å²) < 4.78 is 26.0. The molecule has 38 heavy (non-hydrogen) atoms. The van der Waals surface area contributed by atoms with Crippen LogP contribution in [0.25, 0.3) is 0 Å². The third-order valence-corrected chi connectivity index (χ3v) is 7.96. The summed E-state index contributed by atoms with van der Waals surface area (Å²) in [6.07, 6.45) is 7.42. The number of ether oxygens (including phenoxy) is 2. The Balaban J connectivity index is 1.18. The third-order valence-electron chi connectivity index (χ3n) is 7.96. The molecule has 1 fully saturated rings. The normalized spacial score (nSPS) is 17.6. The summed E-state index contributed by atoms with van der Waals surface area (Å²) in [5, 5.41) is 13.4. The van der Waals surface area contributed by atoms with Gasteiger partial charge >= 0.3 is 0 Å². The van der Waals surface area contributed by atoms with Gasteiger partial charge in [0.05, 0.1) is 7.11 Å². The molecule has 1 heterocycles. The standard InChI is InChI=1S/C32H39FN2O3/c1-37-28-10-11-29(26-7-6-25-21-27(36)9-8-24(25)20-26)31(22-28)34-14-13-23-5-12-32(30(33)19-23)38-18-17-35-15-3-2-4-16-35/h5,8-12,19,21-22,26,34,36H,2-4,6-7,13-18,20H2,1H3. The number of benzene rings is 3. The van der Waals surface area contributed by atoms with Crippen molar-refractivity contribution in [3.63, 3.8) is 0 Å². The molecule has 6 heteroatoms. The molecular formula is C32H39FN2O3. The van der Waals surface area contributed by atoms with Crippen LogP contribution in [0.5, 0.6) is 17.2 Å². The average molecular weight is 519 g/mol. The smallest absolute Gasteiger partial charge is 0.165 e. The van der Waals surface area contributed by atoms with Crippen molar-refractivity contribution < 1.29 is 19.0 Å². The zero-order valence-corrected chi connectivity index (χ0v) is 22.3. The lowest BCUT2D eigenvalue weighted by atomic mass is 9.79. The van der Waals surface area contributed by atoms with Gasteiger partial charge in [0.15, 0.2) is 11.6 Å². The first kappa shape index (κ1) is 26.4. The minimum absolute atomic E-state index is 0.296. The monoisotopic (exact) mass is 518 g/mol. The molecule has 0 spiro atoms. The number of nitrogens with one attached hydrogen (secondary N) is 1. The van der Waals surface area contributed by atoms with Gasteiger partial charge in [0, 0.05) is 24.8 Å². The Kier molecular flexibility index (Phi) is 8.69. The van der Waals surface area contributed by atoms with E-state index in [2.05, 4.69) is 22.3 Å². The number of hydrogen-bond acceptors (Lipinski definition) is 5. The molecule has 1 aliphatic heterocycles. The van der Waals surface area contributed by atoms with Gasteiger partial charge in [-0.15, -0.1) is 0 Å². The van der Waals surface area contributed by atoms with Crippen LogP contribution >= 0.6 is 0 Å². The molecule has 1 saturated heterocycles. The van der Waals surface area contributed by atoms with Crippen LogP contribution in [0, 0.1) is 5.82 Å². The molecule has 1 aliphatic carbocycles. The highest BCUT2D eigenvalue weighted by Gasteiger charge is 2.23. The minimum Gasteiger partial charge on any atom is -0.508 e. The Hall–Kier alpha value is -3.25. The van der Waals surface area contributed by atoms with Gasteiger partial charge in [0.25, 0.3) is 0 Å². The lowest BCUT2D eigenvalue weighted by Gasteiger charge is -2.27. The number of likely N-dealkylation sites (tertiary alicyclic amines) is 1. The van der Waals surface area contributed by atoms with Crippen molar-refractivity contribution in [1.82, 2.24) is 4.90 Å². The molecule has 0 radical (unpaired) electrons. The molecule has 1 atom stereocenters. The SMILES string of the molecule is COc1ccc(C2CCc3cc(O)ccc3C2)c(NCCc2ccc(OCCN3CCCCC3)c(F)c2)c1. The van der Waals surface area contributed by atoms with Crippen molar-refractivity contribution in [2.75, 3.05) is 45.2 Å². The van der Waals surface area contributed by atoms with Crippen molar-refractivity contribution in [3.05, 3.63) is 82.7 Å². The van der Waals surface area contributed by atoms with Gasteiger partial charge in [-0.25, -0.2) is 4.39 Å². The summed E-state index contributed by atoms with van der Waals surface area (Å²) >= 11 is 0. The number of aryl methyl sites for hydroxylation is 1. The van der Waals surface area contributed by atoms with Gasteiger partial charge in [-0.05, 0) is 110 Å². The number of fused-ring (bicyclic) bond motifs is 1. The number of rotatable bonds is 10. The molecule has 3 aromatic carbocycles. The minimum atomic E-state index is -0.296. The molecule has 202 valence electrons. The molecule has 0 saturated carbocycles. The van der Waals surface area contributed by atoms with E-state index in [1.165, 1.54) is 36.0 Å². The number of halogens is 1. The summed E-state index contributed by atoms with van der Waals surface area (Å²) in [6.45, 7) is 4.29. The van der Waals surface area contributed by atoms with Crippen molar-refractivity contribution in [2.24, 2.45) is 0 Å². The summed E-state index contributed by atoms with van der Waals surface area (Å²) in [6, 6.07) is 17.3. The fraction of sp³-hybridized carbons (Fsp3) is 0.438. The lowest BCUT2D eigenvalue weighted by Crippen LogP contribution is -2.33. The van der Waals surface area contributed by atoms with Crippen LogP contribution in [0.1, 0.15) is 53.9 Å². The highest BCUT2D eigenvalue weighted by atomic mass is 19.1. The van der Waals surface area contributed by atoms with E-state index >= 15 is 0 Å². The molecule has 1 unspecified atom stereocenters. The molecule has 2 aliphatic rings. The molecular weight excluding hydrogens is 479 g/mol. The second-order valence-electron chi connectivity index (χ2n) is 10.5. The number of phenolic OH excluding ortho intramolecular Hbond substituents is 1. The van der Waals surface area contributed by atoms with Crippen LogP contribution in [0.4, 0.5) is 10.1 Å². The number of phenols is 1. The van der Waals surface area contributed by atoms with Crippen LogP contribution in [0.15, 0.2) is 54.6 Å². The van der Waals surface area contributed by atoms with E-state index in [-0.39, 0.29) is 5.82 Å². The molecule has 0 bridgehead atoms. The van der Waals surface area contributed by atoms with Gasteiger partial charge in [-0.1, -0.05) is 24.6 Å². The Morgan fingerprint density at radius 1 is 1.00 bits per heavy atom. The van der Waals surface area contributed by atoms with Gasteiger partial charge in [0.1, 0.15) is 18.1 Å². The highest BCUT2D eigenvalue weighted by molar-refractivity contribution is 5.58. The van der Waals surface area contributed by atoms with Crippen molar-refractivity contribution >= 4 is 5.69 Å². The largest absolute Gasteiger partial charge is 0.508 e. The maximum Gasteiger partial charge on any atom is 0.165 e. The van der Waals surface area contributed by atoms with Crippen LogP contribution in [0.2, 0.25) is 0 Å². The van der Waals surface area contributed by atoms with Crippen LogP contribution in [0.3, 0.4) is 0 Å². The summed E-state index contributed by atoms with van der Waals surface area (Å²) in [5.41, 5.74) is 5.82. The molecule has 2 N–H and O–H groups in total. The van der Waals surface area contributed by atoms with Crippen molar-refractivity contribution in [3.8, 4) is 17.2 Å². The highest BCUT2D eigenvalue weighted by Crippen LogP contribution is 2.38. The van der Waals surface area contributed by atoms with Gasteiger partial charge in [0.2, 0.25) is 0 Å². The number of methoxy groups -OCH3 is 1. The fourth-order valence-electron chi connectivity index (χ4n) is 5.80. The number of anilines is 1. The van der Waals surface area contributed by atoms with Gasteiger partial charge in [-0.2, -0.15) is 0 Å². The number of aromatic hydroxyl groups is 1. The molecule has 0 amide bonds. The maximum absolute atomic E-state index is 14.7. The molecule has 3 aromatic rings.